The molecule has 0 heterocycles. The van der Waals surface area contributed by atoms with Crippen molar-refractivity contribution in [3.63, 3.8) is 0 Å². The van der Waals surface area contributed by atoms with E-state index >= 15 is 0 Å². The molecule has 1 rings (SSSR count). The lowest BCUT2D eigenvalue weighted by molar-refractivity contribution is 0.302. The number of rotatable bonds is 4. The Morgan fingerprint density at radius 3 is 2.57 bits per heavy atom. The standard InChI is InChI=1S/C11H17NO2/c1-3-12(6-7-13)11-5-4-10(14)8-9(11)2/h4-5,8,13-14H,3,6-7H2,1-2H3. The highest BCUT2D eigenvalue weighted by atomic mass is 16.3. The van der Waals surface area contributed by atoms with E-state index in [2.05, 4.69) is 4.90 Å². The molecule has 0 amide bonds. The average Bonchev–Trinajstić information content (AvgIpc) is 2.15. The van der Waals surface area contributed by atoms with Crippen LogP contribution in [0.5, 0.6) is 5.75 Å². The van der Waals surface area contributed by atoms with Crippen molar-refractivity contribution in [1.29, 1.82) is 0 Å². The molecule has 0 aromatic heterocycles. The van der Waals surface area contributed by atoms with Crippen molar-refractivity contribution in [2.24, 2.45) is 0 Å². The van der Waals surface area contributed by atoms with Crippen molar-refractivity contribution in [1.82, 2.24) is 0 Å². The molecule has 0 saturated heterocycles. The number of benzene rings is 1. The predicted octanol–water partition coefficient (Wildman–Crippen LogP) is 1.52. The Morgan fingerprint density at radius 1 is 1.36 bits per heavy atom. The normalized spacial score (nSPS) is 10.2. The molecule has 0 aliphatic heterocycles. The maximum Gasteiger partial charge on any atom is 0.115 e. The van der Waals surface area contributed by atoms with Crippen molar-refractivity contribution < 1.29 is 10.2 Å². The predicted molar refractivity (Wildman–Crippen MR) is 57.8 cm³/mol. The zero-order valence-electron chi connectivity index (χ0n) is 8.70. The summed E-state index contributed by atoms with van der Waals surface area (Å²) >= 11 is 0. The zero-order valence-corrected chi connectivity index (χ0v) is 8.70. The van der Waals surface area contributed by atoms with Gasteiger partial charge in [0.15, 0.2) is 0 Å². The fraction of sp³-hybridized carbons (Fsp3) is 0.455. The van der Waals surface area contributed by atoms with E-state index in [1.807, 2.05) is 19.9 Å². The highest BCUT2D eigenvalue weighted by molar-refractivity contribution is 5.55. The quantitative estimate of drug-likeness (QED) is 0.765. The van der Waals surface area contributed by atoms with Crippen molar-refractivity contribution >= 4 is 5.69 Å². The van der Waals surface area contributed by atoms with Crippen LogP contribution in [-0.2, 0) is 0 Å². The van der Waals surface area contributed by atoms with Crippen LogP contribution >= 0.6 is 0 Å². The summed E-state index contributed by atoms with van der Waals surface area (Å²) in [6.07, 6.45) is 0. The first-order chi connectivity index (χ1) is 6.69. The van der Waals surface area contributed by atoms with Crippen LogP contribution in [0.2, 0.25) is 0 Å². The van der Waals surface area contributed by atoms with Gasteiger partial charge in [0, 0.05) is 18.8 Å². The minimum absolute atomic E-state index is 0.147. The van der Waals surface area contributed by atoms with Gasteiger partial charge in [0.2, 0.25) is 0 Å². The number of hydrogen-bond donors (Lipinski definition) is 2. The lowest BCUT2D eigenvalue weighted by atomic mass is 10.1. The molecule has 2 N–H and O–H groups in total. The first kappa shape index (κ1) is 10.9. The first-order valence-corrected chi connectivity index (χ1v) is 4.84. The topological polar surface area (TPSA) is 43.7 Å². The van der Waals surface area contributed by atoms with E-state index in [9.17, 15) is 5.11 Å². The lowest BCUT2D eigenvalue weighted by Crippen LogP contribution is -2.26. The molecular weight excluding hydrogens is 178 g/mol. The molecular formula is C11H17NO2. The second-order valence-corrected chi connectivity index (χ2v) is 3.27. The van der Waals surface area contributed by atoms with Gasteiger partial charge in [0.05, 0.1) is 6.61 Å². The molecule has 0 aliphatic rings. The zero-order chi connectivity index (χ0) is 10.6. The Labute approximate surface area is 84.6 Å². The maximum atomic E-state index is 9.25. The van der Waals surface area contributed by atoms with Crippen LogP contribution < -0.4 is 4.90 Å². The van der Waals surface area contributed by atoms with Crippen LogP contribution in [0.15, 0.2) is 18.2 Å². The summed E-state index contributed by atoms with van der Waals surface area (Å²) in [5, 5.41) is 18.1. The van der Waals surface area contributed by atoms with E-state index in [0.29, 0.717) is 6.54 Å². The van der Waals surface area contributed by atoms with Gasteiger partial charge in [-0.1, -0.05) is 0 Å². The second kappa shape index (κ2) is 4.86. The monoisotopic (exact) mass is 195 g/mol. The van der Waals surface area contributed by atoms with Gasteiger partial charge in [-0.3, -0.25) is 0 Å². The van der Waals surface area contributed by atoms with E-state index in [0.717, 1.165) is 17.8 Å². The summed E-state index contributed by atoms with van der Waals surface area (Å²) in [5.41, 5.74) is 2.10. The van der Waals surface area contributed by atoms with Gasteiger partial charge in [0.1, 0.15) is 5.75 Å². The molecule has 3 heteroatoms. The minimum atomic E-state index is 0.147. The van der Waals surface area contributed by atoms with E-state index in [1.54, 1.807) is 12.1 Å². The third kappa shape index (κ3) is 2.39. The largest absolute Gasteiger partial charge is 0.508 e. The Bertz CT molecular complexity index is 299. The average molecular weight is 195 g/mol. The highest BCUT2D eigenvalue weighted by Gasteiger charge is 2.06. The number of aliphatic hydroxyl groups excluding tert-OH is 1. The van der Waals surface area contributed by atoms with E-state index in [4.69, 9.17) is 5.11 Å². The molecule has 78 valence electrons. The molecule has 14 heavy (non-hydrogen) atoms. The molecule has 0 unspecified atom stereocenters. The van der Waals surface area contributed by atoms with Crippen LogP contribution in [0.1, 0.15) is 12.5 Å². The number of phenolic OH excluding ortho intramolecular Hbond substituents is 1. The van der Waals surface area contributed by atoms with Gasteiger partial charge >= 0.3 is 0 Å². The van der Waals surface area contributed by atoms with Crippen LogP contribution in [-0.4, -0.2) is 29.9 Å². The van der Waals surface area contributed by atoms with Gasteiger partial charge < -0.3 is 15.1 Å². The number of likely N-dealkylation sites (N-methyl/N-ethyl adjacent to an activating group) is 1. The van der Waals surface area contributed by atoms with Gasteiger partial charge in [-0.05, 0) is 37.6 Å². The van der Waals surface area contributed by atoms with Crippen molar-refractivity contribution in [2.75, 3.05) is 24.6 Å². The Morgan fingerprint density at radius 2 is 2.07 bits per heavy atom. The fourth-order valence-electron chi connectivity index (χ4n) is 1.56. The van der Waals surface area contributed by atoms with Crippen LogP contribution in [0.3, 0.4) is 0 Å². The molecule has 0 fully saturated rings. The molecule has 0 radical (unpaired) electrons. The molecule has 3 nitrogen and oxygen atoms in total. The fourth-order valence-corrected chi connectivity index (χ4v) is 1.56. The number of hydrogen-bond acceptors (Lipinski definition) is 3. The number of anilines is 1. The summed E-state index contributed by atoms with van der Waals surface area (Å²) in [5.74, 6) is 0.284. The first-order valence-electron chi connectivity index (χ1n) is 4.84. The summed E-state index contributed by atoms with van der Waals surface area (Å²) in [6.45, 7) is 5.62. The van der Waals surface area contributed by atoms with Crippen molar-refractivity contribution in [3.05, 3.63) is 23.8 Å². The van der Waals surface area contributed by atoms with Gasteiger partial charge in [-0.15, -0.1) is 0 Å². The summed E-state index contributed by atoms with van der Waals surface area (Å²) in [4.78, 5) is 2.08. The molecule has 0 spiro atoms. The maximum absolute atomic E-state index is 9.25. The van der Waals surface area contributed by atoms with Gasteiger partial charge in [-0.2, -0.15) is 0 Å². The molecule has 0 aliphatic carbocycles. The van der Waals surface area contributed by atoms with Crippen molar-refractivity contribution in [3.8, 4) is 5.75 Å². The van der Waals surface area contributed by atoms with E-state index in [-0.39, 0.29) is 12.4 Å². The molecule has 1 aromatic carbocycles. The van der Waals surface area contributed by atoms with Gasteiger partial charge in [0.25, 0.3) is 0 Å². The number of aliphatic hydroxyl groups is 1. The van der Waals surface area contributed by atoms with Crippen LogP contribution in [0.25, 0.3) is 0 Å². The van der Waals surface area contributed by atoms with Crippen molar-refractivity contribution in [2.45, 2.75) is 13.8 Å². The Balaban J connectivity index is 2.92. The molecule has 1 aromatic rings. The highest BCUT2D eigenvalue weighted by Crippen LogP contribution is 2.23. The van der Waals surface area contributed by atoms with Crippen LogP contribution in [0, 0.1) is 6.92 Å². The molecule has 0 atom stereocenters. The van der Waals surface area contributed by atoms with E-state index in [1.165, 1.54) is 0 Å². The third-order valence-corrected chi connectivity index (χ3v) is 2.27. The second-order valence-electron chi connectivity index (χ2n) is 3.27. The number of nitrogens with zero attached hydrogens (tertiary/aromatic N) is 1. The number of aromatic hydroxyl groups is 1. The lowest BCUT2D eigenvalue weighted by Gasteiger charge is -2.23. The third-order valence-electron chi connectivity index (χ3n) is 2.27. The smallest absolute Gasteiger partial charge is 0.115 e. The number of phenols is 1. The minimum Gasteiger partial charge on any atom is -0.508 e. The SMILES string of the molecule is CCN(CCO)c1ccc(O)cc1C. The molecule has 0 bridgehead atoms. The summed E-state index contributed by atoms with van der Waals surface area (Å²) in [6, 6.07) is 5.28. The Kier molecular flexibility index (Phi) is 3.77. The van der Waals surface area contributed by atoms with E-state index < -0.39 is 0 Å². The number of aryl methyl sites for hydroxylation is 1. The molecule has 0 saturated carbocycles. The van der Waals surface area contributed by atoms with Crippen LogP contribution in [0.4, 0.5) is 5.69 Å². The Hall–Kier alpha value is -1.22. The summed E-state index contributed by atoms with van der Waals surface area (Å²) in [7, 11) is 0. The van der Waals surface area contributed by atoms with Gasteiger partial charge in [-0.25, -0.2) is 0 Å². The summed E-state index contributed by atoms with van der Waals surface area (Å²) < 4.78 is 0.